The van der Waals surface area contributed by atoms with Crippen molar-refractivity contribution >= 4 is 0 Å². The molecule has 66 valence electrons. The summed E-state index contributed by atoms with van der Waals surface area (Å²) < 4.78 is 0. The summed E-state index contributed by atoms with van der Waals surface area (Å²) in [5, 5.41) is 0. The average Bonchev–Trinajstić information content (AvgIpc) is 1.94. The van der Waals surface area contributed by atoms with E-state index in [9.17, 15) is 0 Å². The maximum Gasteiger partial charge on any atom is 0.00647 e. The predicted molar refractivity (Wildman–Crippen MR) is 49.3 cm³/mol. The van der Waals surface area contributed by atoms with Crippen LogP contribution in [0.1, 0.15) is 40.0 Å². The molecule has 1 rings (SSSR count). The summed E-state index contributed by atoms with van der Waals surface area (Å²) in [7, 11) is 0. The predicted octanol–water partition coefficient (Wildman–Crippen LogP) is 2.41. The second-order valence-electron chi connectivity index (χ2n) is 4.46. The van der Waals surface area contributed by atoms with E-state index in [0.717, 1.165) is 17.8 Å². The van der Waals surface area contributed by atoms with Crippen molar-refractivity contribution in [1.29, 1.82) is 0 Å². The van der Waals surface area contributed by atoms with Gasteiger partial charge in [0.05, 0.1) is 0 Å². The topological polar surface area (TPSA) is 26.0 Å². The fourth-order valence-electron chi connectivity index (χ4n) is 2.07. The molecule has 1 saturated carbocycles. The van der Waals surface area contributed by atoms with E-state index >= 15 is 0 Å². The highest BCUT2D eigenvalue weighted by atomic mass is 14.7. The molecule has 1 aliphatic carbocycles. The Morgan fingerprint density at radius 1 is 1.27 bits per heavy atom. The van der Waals surface area contributed by atoms with E-state index in [0.29, 0.717) is 6.04 Å². The van der Waals surface area contributed by atoms with Crippen LogP contribution in [0.4, 0.5) is 0 Å². The fraction of sp³-hybridized carbons (Fsp3) is 1.00. The molecule has 1 heteroatoms. The molecular weight excluding hydrogens is 134 g/mol. The molecule has 0 aromatic rings. The van der Waals surface area contributed by atoms with E-state index in [1.165, 1.54) is 19.3 Å². The van der Waals surface area contributed by atoms with Crippen LogP contribution in [0.3, 0.4) is 0 Å². The van der Waals surface area contributed by atoms with E-state index in [1.54, 1.807) is 0 Å². The Labute approximate surface area is 70.4 Å². The molecule has 0 spiro atoms. The summed E-state index contributed by atoms with van der Waals surface area (Å²) in [5.74, 6) is 2.53. The third-order valence-corrected chi connectivity index (χ3v) is 3.22. The van der Waals surface area contributed by atoms with Gasteiger partial charge in [-0.05, 0) is 37.0 Å². The van der Waals surface area contributed by atoms with Gasteiger partial charge in [-0.25, -0.2) is 0 Å². The van der Waals surface area contributed by atoms with Gasteiger partial charge < -0.3 is 5.73 Å². The Hall–Kier alpha value is -0.0400. The molecule has 2 N–H and O–H groups in total. The van der Waals surface area contributed by atoms with E-state index in [2.05, 4.69) is 20.8 Å². The molecule has 1 nitrogen and oxygen atoms in total. The molecule has 0 saturated heterocycles. The zero-order valence-electron chi connectivity index (χ0n) is 8.01. The SMILES string of the molecule is CC(C)[C@@H]1CC[C@H](N)C(C)C1. The number of nitrogens with two attached hydrogens (primary N) is 1. The summed E-state index contributed by atoms with van der Waals surface area (Å²) in [5.41, 5.74) is 5.94. The Morgan fingerprint density at radius 2 is 1.91 bits per heavy atom. The molecule has 3 atom stereocenters. The van der Waals surface area contributed by atoms with Gasteiger partial charge in [-0.3, -0.25) is 0 Å². The molecule has 1 aliphatic rings. The molecule has 11 heavy (non-hydrogen) atoms. The Bertz CT molecular complexity index is 120. The number of rotatable bonds is 1. The zero-order valence-corrected chi connectivity index (χ0v) is 8.01. The van der Waals surface area contributed by atoms with Crippen LogP contribution in [0.2, 0.25) is 0 Å². The standard InChI is InChI=1S/C10H21N/c1-7(2)9-4-5-10(11)8(3)6-9/h7-10H,4-6,11H2,1-3H3/t8?,9-,10+/m1/s1. The lowest BCUT2D eigenvalue weighted by molar-refractivity contribution is 0.202. The second-order valence-corrected chi connectivity index (χ2v) is 4.46. The molecule has 1 unspecified atom stereocenters. The minimum absolute atomic E-state index is 0.477. The second kappa shape index (κ2) is 3.57. The number of hydrogen-bond acceptors (Lipinski definition) is 1. The first kappa shape index (κ1) is 9.05. The number of hydrogen-bond donors (Lipinski definition) is 1. The quantitative estimate of drug-likeness (QED) is 0.618. The largest absolute Gasteiger partial charge is 0.327 e. The molecule has 0 heterocycles. The summed E-state index contributed by atoms with van der Waals surface area (Å²) in [6.45, 7) is 6.95. The lowest BCUT2D eigenvalue weighted by Crippen LogP contribution is -2.35. The van der Waals surface area contributed by atoms with Gasteiger partial charge >= 0.3 is 0 Å². The van der Waals surface area contributed by atoms with Crippen LogP contribution in [0.25, 0.3) is 0 Å². The van der Waals surface area contributed by atoms with E-state index in [4.69, 9.17) is 5.73 Å². The molecule has 1 fully saturated rings. The van der Waals surface area contributed by atoms with Crippen molar-refractivity contribution in [2.75, 3.05) is 0 Å². The Morgan fingerprint density at radius 3 is 2.36 bits per heavy atom. The van der Waals surface area contributed by atoms with Gasteiger partial charge in [0.1, 0.15) is 0 Å². The van der Waals surface area contributed by atoms with Gasteiger partial charge in [0.2, 0.25) is 0 Å². The van der Waals surface area contributed by atoms with Crippen LogP contribution in [0.5, 0.6) is 0 Å². The first-order valence-corrected chi connectivity index (χ1v) is 4.87. The summed E-state index contributed by atoms with van der Waals surface area (Å²) in [6, 6.07) is 0.477. The van der Waals surface area contributed by atoms with Gasteiger partial charge in [0.25, 0.3) is 0 Å². The average molecular weight is 155 g/mol. The first-order chi connectivity index (χ1) is 5.11. The van der Waals surface area contributed by atoms with Crippen molar-refractivity contribution in [2.24, 2.45) is 23.5 Å². The highest BCUT2D eigenvalue weighted by Crippen LogP contribution is 2.32. The van der Waals surface area contributed by atoms with Crippen LogP contribution >= 0.6 is 0 Å². The molecule has 0 aliphatic heterocycles. The highest BCUT2D eigenvalue weighted by molar-refractivity contribution is 4.80. The minimum atomic E-state index is 0.477. The van der Waals surface area contributed by atoms with Gasteiger partial charge in [0, 0.05) is 6.04 Å². The van der Waals surface area contributed by atoms with E-state index in [-0.39, 0.29) is 0 Å². The minimum Gasteiger partial charge on any atom is -0.327 e. The van der Waals surface area contributed by atoms with Crippen molar-refractivity contribution in [1.82, 2.24) is 0 Å². The van der Waals surface area contributed by atoms with Crippen molar-refractivity contribution in [3.63, 3.8) is 0 Å². The monoisotopic (exact) mass is 155 g/mol. The lowest BCUT2D eigenvalue weighted by atomic mass is 9.75. The third-order valence-electron chi connectivity index (χ3n) is 3.22. The smallest absolute Gasteiger partial charge is 0.00647 e. The molecule has 0 amide bonds. The first-order valence-electron chi connectivity index (χ1n) is 4.87. The van der Waals surface area contributed by atoms with Crippen molar-refractivity contribution < 1.29 is 0 Å². The van der Waals surface area contributed by atoms with E-state index in [1.807, 2.05) is 0 Å². The fourth-order valence-corrected chi connectivity index (χ4v) is 2.07. The summed E-state index contributed by atoms with van der Waals surface area (Å²) in [4.78, 5) is 0. The molecular formula is C10H21N. The van der Waals surface area contributed by atoms with Crippen LogP contribution in [-0.2, 0) is 0 Å². The summed E-state index contributed by atoms with van der Waals surface area (Å²) >= 11 is 0. The Kier molecular flexibility index (Phi) is 2.94. The maximum atomic E-state index is 5.94. The Balaban J connectivity index is 2.40. The highest BCUT2D eigenvalue weighted by Gasteiger charge is 2.26. The van der Waals surface area contributed by atoms with Crippen molar-refractivity contribution in [3.05, 3.63) is 0 Å². The van der Waals surface area contributed by atoms with Crippen LogP contribution in [-0.4, -0.2) is 6.04 Å². The molecule has 0 aromatic heterocycles. The van der Waals surface area contributed by atoms with Gasteiger partial charge in [0.15, 0.2) is 0 Å². The molecule has 0 aromatic carbocycles. The van der Waals surface area contributed by atoms with Gasteiger partial charge in [-0.1, -0.05) is 20.8 Å². The van der Waals surface area contributed by atoms with Crippen molar-refractivity contribution in [2.45, 2.75) is 46.1 Å². The maximum absolute atomic E-state index is 5.94. The normalized spacial score (nSPS) is 39.5. The third kappa shape index (κ3) is 2.19. The van der Waals surface area contributed by atoms with Crippen LogP contribution in [0, 0.1) is 17.8 Å². The summed E-state index contributed by atoms with van der Waals surface area (Å²) in [6.07, 6.45) is 3.94. The molecule has 0 bridgehead atoms. The molecule has 0 radical (unpaired) electrons. The zero-order chi connectivity index (χ0) is 8.43. The van der Waals surface area contributed by atoms with Gasteiger partial charge in [-0.2, -0.15) is 0 Å². The van der Waals surface area contributed by atoms with Crippen LogP contribution in [0.15, 0.2) is 0 Å². The van der Waals surface area contributed by atoms with Crippen molar-refractivity contribution in [3.8, 4) is 0 Å². The van der Waals surface area contributed by atoms with E-state index < -0.39 is 0 Å². The lowest BCUT2D eigenvalue weighted by Gasteiger charge is -2.33. The van der Waals surface area contributed by atoms with Crippen LogP contribution < -0.4 is 5.73 Å². The van der Waals surface area contributed by atoms with Gasteiger partial charge in [-0.15, -0.1) is 0 Å².